The summed E-state index contributed by atoms with van der Waals surface area (Å²) in [4.78, 5) is 13.5. The number of aromatic nitrogens is 1. The van der Waals surface area contributed by atoms with Gasteiger partial charge in [0, 0.05) is 26.3 Å². The van der Waals surface area contributed by atoms with Crippen LogP contribution >= 0.6 is 0 Å². The number of nitrogens with one attached hydrogen (secondary N) is 2. The van der Waals surface area contributed by atoms with Gasteiger partial charge in [-0.2, -0.15) is 0 Å². The first kappa shape index (κ1) is 13.8. The predicted octanol–water partition coefficient (Wildman–Crippen LogP) is 0.436. The summed E-state index contributed by atoms with van der Waals surface area (Å²) < 4.78 is 36.0. The smallest absolute Gasteiger partial charge is 0.408 e. The lowest BCUT2D eigenvalue weighted by Gasteiger charge is -2.06. The van der Waals surface area contributed by atoms with Crippen molar-refractivity contribution in [3.8, 4) is 0 Å². The van der Waals surface area contributed by atoms with Crippen molar-refractivity contribution in [3.05, 3.63) is 28.7 Å². The van der Waals surface area contributed by atoms with Gasteiger partial charge in [-0.05, 0) is 18.6 Å². The first-order valence-electron chi connectivity index (χ1n) is 5.64. The van der Waals surface area contributed by atoms with Crippen LogP contribution in [0, 0.1) is 0 Å². The number of fused-ring (bicyclic) bond motifs is 1. The summed E-state index contributed by atoms with van der Waals surface area (Å²) in [6.45, 7) is 0.763. The highest BCUT2D eigenvalue weighted by Gasteiger charge is 2.15. The van der Waals surface area contributed by atoms with Crippen LogP contribution in [0.25, 0.3) is 11.1 Å². The number of oxazole rings is 1. The first-order chi connectivity index (χ1) is 9.03. The highest BCUT2D eigenvalue weighted by molar-refractivity contribution is 7.89. The van der Waals surface area contributed by atoms with Gasteiger partial charge in [-0.1, -0.05) is 0 Å². The average molecular weight is 286 g/mol. The van der Waals surface area contributed by atoms with Gasteiger partial charge in [-0.15, -0.1) is 0 Å². The molecule has 0 spiro atoms. The number of H-pyrrole nitrogens is 1. The second-order valence-corrected chi connectivity index (χ2v) is 5.68. The SMILES string of the molecule is COCCCNS(=O)(=O)c1ccc2[nH]c(=O)oc2c1. The number of sulfonamides is 1. The number of benzene rings is 1. The molecule has 0 fully saturated rings. The highest BCUT2D eigenvalue weighted by Crippen LogP contribution is 2.16. The van der Waals surface area contributed by atoms with E-state index in [9.17, 15) is 13.2 Å². The fraction of sp³-hybridized carbons (Fsp3) is 0.364. The molecule has 0 saturated heterocycles. The minimum Gasteiger partial charge on any atom is -0.408 e. The van der Waals surface area contributed by atoms with Crippen molar-refractivity contribution in [1.29, 1.82) is 0 Å². The van der Waals surface area contributed by atoms with Crippen molar-refractivity contribution in [1.82, 2.24) is 9.71 Å². The van der Waals surface area contributed by atoms with Crippen molar-refractivity contribution >= 4 is 21.1 Å². The Labute approximate surface area is 109 Å². The van der Waals surface area contributed by atoms with Crippen molar-refractivity contribution in [2.45, 2.75) is 11.3 Å². The molecule has 0 amide bonds. The number of methoxy groups -OCH3 is 1. The molecule has 1 aromatic heterocycles. The Morgan fingerprint density at radius 1 is 1.42 bits per heavy atom. The van der Waals surface area contributed by atoms with Gasteiger partial charge >= 0.3 is 5.76 Å². The number of rotatable bonds is 6. The molecule has 2 aromatic rings. The molecule has 0 saturated carbocycles. The molecular weight excluding hydrogens is 272 g/mol. The predicted molar refractivity (Wildman–Crippen MR) is 68.5 cm³/mol. The lowest BCUT2D eigenvalue weighted by molar-refractivity contribution is 0.196. The third-order valence-electron chi connectivity index (χ3n) is 2.52. The van der Waals surface area contributed by atoms with Gasteiger partial charge in [-0.25, -0.2) is 17.9 Å². The Bertz CT molecular complexity index is 716. The summed E-state index contributed by atoms with van der Waals surface area (Å²) in [6, 6.07) is 4.21. The van der Waals surface area contributed by atoms with E-state index in [4.69, 9.17) is 9.15 Å². The molecule has 0 aliphatic heterocycles. The molecule has 0 radical (unpaired) electrons. The van der Waals surface area contributed by atoms with Crippen LogP contribution in [0.3, 0.4) is 0 Å². The summed E-state index contributed by atoms with van der Waals surface area (Å²) in [5, 5.41) is 0. The van der Waals surface area contributed by atoms with E-state index in [2.05, 4.69) is 9.71 Å². The van der Waals surface area contributed by atoms with Gasteiger partial charge in [0.15, 0.2) is 5.58 Å². The third kappa shape index (κ3) is 3.22. The van der Waals surface area contributed by atoms with Crippen molar-refractivity contribution in [3.63, 3.8) is 0 Å². The topological polar surface area (TPSA) is 101 Å². The van der Waals surface area contributed by atoms with Crippen LogP contribution in [0.2, 0.25) is 0 Å². The van der Waals surface area contributed by atoms with Gasteiger partial charge in [0.25, 0.3) is 0 Å². The van der Waals surface area contributed by atoms with E-state index in [1.54, 1.807) is 7.11 Å². The van der Waals surface area contributed by atoms with Crippen molar-refractivity contribution in [2.75, 3.05) is 20.3 Å². The van der Waals surface area contributed by atoms with Crippen LogP contribution in [-0.4, -0.2) is 33.7 Å². The molecule has 1 aromatic carbocycles. The fourth-order valence-corrected chi connectivity index (χ4v) is 2.69. The molecule has 2 rings (SSSR count). The first-order valence-corrected chi connectivity index (χ1v) is 7.13. The van der Waals surface area contributed by atoms with Crippen LogP contribution in [-0.2, 0) is 14.8 Å². The van der Waals surface area contributed by atoms with Gasteiger partial charge in [0.1, 0.15) is 0 Å². The minimum absolute atomic E-state index is 0.0557. The molecule has 1 heterocycles. The zero-order chi connectivity index (χ0) is 13.9. The molecule has 0 unspecified atom stereocenters. The van der Waals surface area contributed by atoms with E-state index in [1.165, 1.54) is 18.2 Å². The maximum absolute atomic E-state index is 12.0. The summed E-state index contributed by atoms with van der Waals surface area (Å²) in [5.74, 6) is -0.613. The monoisotopic (exact) mass is 286 g/mol. The Morgan fingerprint density at radius 3 is 2.95 bits per heavy atom. The molecule has 8 heteroatoms. The maximum Gasteiger partial charge on any atom is 0.417 e. The molecule has 2 N–H and O–H groups in total. The second kappa shape index (κ2) is 5.55. The van der Waals surface area contributed by atoms with Crippen molar-refractivity contribution in [2.24, 2.45) is 0 Å². The molecular formula is C11H14N2O5S. The van der Waals surface area contributed by atoms with Crippen LogP contribution in [0.5, 0.6) is 0 Å². The average Bonchev–Trinajstić information content (AvgIpc) is 2.73. The molecule has 19 heavy (non-hydrogen) atoms. The normalized spacial score (nSPS) is 12.1. The van der Waals surface area contributed by atoms with Gasteiger partial charge in [-0.3, -0.25) is 4.98 Å². The van der Waals surface area contributed by atoms with Crippen molar-refractivity contribution < 1.29 is 17.6 Å². The molecule has 7 nitrogen and oxygen atoms in total. The van der Waals surface area contributed by atoms with E-state index in [-0.39, 0.29) is 17.0 Å². The van der Waals surface area contributed by atoms with Crippen LogP contribution in [0.1, 0.15) is 6.42 Å². The van der Waals surface area contributed by atoms with Crippen LogP contribution in [0.15, 0.2) is 32.3 Å². The number of aromatic amines is 1. The van der Waals surface area contributed by atoms with E-state index in [0.717, 1.165) is 0 Å². The summed E-state index contributed by atoms with van der Waals surface area (Å²) in [7, 11) is -2.05. The van der Waals surface area contributed by atoms with Gasteiger partial charge in [0.2, 0.25) is 10.0 Å². The largest absolute Gasteiger partial charge is 0.417 e. The number of hydrogen-bond acceptors (Lipinski definition) is 5. The summed E-state index contributed by atoms with van der Waals surface area (Å²) in [6.07, 6.45) is 0.581. The third-order valence-corrected chi connectivity index (χ3v) is 3.98. The zero-order valence-electron chi connectivity index (χ0n) is 10.3. The van der Waals surface area contributed by atoms with Gasteiger partial charge in [0.05, 0.1) is 10.4 Å². The highest BCUT2D eigenvalue weighted by atomic mass is 32.2. The summed E-state index contributed by atoms with van der Waals surface area (Å²) in [5.41, 5.74) is 0.674. The zero-order valence-corrected chi connectivity index (χ0v) is 11.1. The quantitative estimate of drug-likeness (QED) is 0.750. The van der Waals surface area contributed by atoms with Crippen LogP contribution < -0.4 is 10.5 Å². The minimum atomic E-state index is -3.60. The number of ether oxygens (including phenoxy) is 1. The second-order valence-electron chi connectivity index (χ2n) is 3.92. The van der Waals surface area contributed by atoms with Crippen LogP contribution in [0.4, 0.5) is 0 Å². The molecule has 104 valence electrons. The fourth-order valence-electron chi connectivity index (χ4n) is 1.60. The molecule has 0 atom stereocenters. The Balaban J connectivity index is 2.20. The van der Waals surface area contributed by atoms with E-state index >= 15 is 0 Å². The Hall–Kier alpha value is -1.64. The molecule has 0 bridgehead atoms. The number of hydrogen-bond donors (Lipinski definition) is 2. The Morgan fingerprint density at radius 2 is 2.21 bits per heavy atom. The Kier molecular flexibility index (Phi) is 4.03. The molecule has 0 aliphatic rings. The van der Waals surface area contributed by atoms with Gasteiger partial charge < -0.3 is 9.15 Å². The maximum atomic E-state index is 12.0. The summed E-state index contributed by atoms with van der Waals surface area (Å²) >= 11 is 0. The van der Waals surface area contributed by atoms with E-state index in [1.807, 2.05) is 0 Å². The lowest BCUT2D eigenvalue weighted by Crippen LogP contribution is -2.25. The van der Waals surface area contributed by atoms with E-state index < -0.39 is 15.8 Å². The standard InChI is InChI=1S/C11H14N2O5S/c1-17-6-2-5-12-19(15,16)8-3-4-9-10(7-8)18-11(14)13-9/h3-4,7,12H,2,5-6H2,1H3,(H,13,14). The lowest BCUT2D eigenvalue weighted by atomic mass is 10.3. The molecule has 0 aliphatic carbocycles. The van der Waals surface area contributed by atoms with E-state index in [0.29, 0.717) is 18.5 Å².